The minimum absolute atomic E-state index is 0.563. The van der Waals surface area contributed by atoms with Crippen LogP contribution < -0.4 is 11.1 Å². The summed E-state index contributed by atoms with van der Waals surface area (Å²) in [6.45, 7) is 2.60. The third-order valence-electron chi connectivity index (χ3n) is 4.50. The number of likely N-dealkylation sites (N-methyl/N-ethyl adjacent to an activating group) is 1. The molecule has 0 bridgehead atoms. The molecule has 0 aromatic heterocycles. The van der Waals surface area contributed by atoms with Crippen molar-refractivity contribution in [2.24, 2.45) is 10.7 Å². The van der Waals surface area contributed by atoms with Crippen LogP contribution in [0.3, 0.4) is 0 Å². The van der Waals surface area contributed by atoms with Crippen LogP contribution in [-0.4, -0.2) is 43.6 Å². The summed E-state index contributed by atoms with van der Waals surface area (Å²) in [4.78, 5) is 6.88. The molecule has 0 radical (unpaired) electrons. The monoisotopic (exact) mass is 302 g/mol. The zero-order valence-electron chi connectivity index (χ0n) is 13.8. The van der Waals surface area contributed by atoms with Gasteiger partial charge in [0.15, 0.2) is 5.96 Å². The zero-order chi connectivity index (χ0) is 15.6. The van der Waals surface area contributed by atoms with E-state index in [2.05, 4.69) is 46.5 Å². The van der Waals surface area contributed by atoms with Crippen LogP contribution in [0.1, 0.15) is 37.7 Å². The quantitative estimate of drug-likeness (QED) is 0.601. The van der Waals surface area contributed by atoms with Gasteiger partial charge in [-0.25, -0.2) is 0 Å². The predicted octanol–water partition coefficient (Wildman–Crippen LogP) is 2.40. The first-order valence-corrected chi connectivity index (χ1v) is 8.53. The Morgan fingerprint density at radius 1 is 1.23 bits per heavy atom. The molecule has 4 heteroatoms. The first-order valence-electron chi connectivity index (χ1n) is 8.53. The Balaban J connectivity index is 1.60. The third kappa shape index (κ3) is 6.06. The Bertz CT molecular complexity index is 438. The van der Waals surface area contributed by atoms with Crippen molar-refractivity contribution < 1.29 is 0 Å². The molecule has 122 valence electrons. The number of nitrogens with two attached hydrogens (primary N) is 1. The van der Waals surface area contributed by atoms with Gasteiger partial charge in [0, 0.05) is 19.1 Å². The van der Waals surface area contributed by atoms with Crippen molar-refractivity contribution in [1.82, 2.24) is 10.2 Å². The molecule has 3 N–H and O–H groups in total. The van der Waals surface area contributed by atoms with Crippen LogP contribution in [0.5, 0.6) is 0 Å². The van der Waals surface area contributed by atoms with Gasteiger partial charge in [-0.1, -0.05) is 49.6 Å². The standard InChI is InChI=1S/C18H30N4/c1-22(17-10-6-3-7-11-17)15-14-21-18(19)20-13-12-16-8-4-2-5-9-16/h2,4-5,8-9,17H,3,6-7,10-15H2,1H3,(H3,19,20,21). The molecule has 1 aliphatic carbocycles. The van der Waals surface area contributed by atoms with Crippen molar-refractivity contribution in [2.75, 3.05) is 26.7 Å². The van der Waals surface area contributed by atoms with E-state index in [1.165, 1.54) is 37.7 Å². The Hall–Kier alpha value is -1.55. The van der Waals surface area contributed by atoms with Crippen LogP contribution in [-0.2, 0) is 6.42 Å². The van der Waals surface area contributed by atoms with Gasteiger partial charge in [-0.05, 0) is 31.9 Å². The summed E-state index contributed by atoms with van der Waals surface area (Å²) in [5, 5.41) is 3.19. The van der Waals surface area contributed by atoms with Gasteiger partial charge in [-0.3, -0.25) is 4.99 Å². The highest BCUT2D eigenvalue weighted by Crippen LogP contribution is 2.21. The Kier molecular flexibility index (Phi) is 7.23. The van der Waals surface area contributed by atoms with E-state index in [-0.39, 0.29) is 0 Å². The largest absolute Gasteiger partial charge is 0.370 e. The number of aliphatic imine (C=N–C) groups is 1. The second kappa shape index (κ2) is 9.46. The SMILES string of the molecule is CN(CCN=C(N)NCCc1ccccc1)C1CCCCC1. The molecule has 2 rings (SSSR count). The maximum absolute atomic E-state index is 5.92. The third-order valence-corrected chi connectivity index (χ3v) is 4.50. The Labute approximate surface area is 134 Å². The van der Waals surface area contributed by atoms with E-state index in [1.54, 1.807) is 0 Å². The molecule has 1 aliphatic rings. The van der Waals surface area contributed by atoms with Crippen molar-refractivity contribution >= 4 is 5.96 Å². The Morgan fingerprint density at radius 3 is 2.68 bits per heavy atom. The van der Waals surface area contributed by atoms with E-state index in [4.69, 9.17) is 5.73 Å². The Morgan fingerprint density at radius 2 is 1.95 bits per heavy atom. The molecule has 1 saturated carbocycles. The summed E-state index contributed by atoms with van der Waals surface area (Å²) in [6, 6.07) is 11.2. The maximum Gasteiger partial charge on any atom is 0.188 e. The second-order valence-corrected chi connectivity index (χ2v) is 6.20. The van der Waals surface area contributed by atoms with Crippen LogP contribution >= 0.6 is 0 Å². The highest BCUT2D eigenvalue weighted by Gasteiger charge is 2.17. The first kappa shape index (κ1) is 16.8. The lowest BCUT2D eigenvalue weighted by Gasteiger charge is -2.30. The molecule has 0 amide bonds. The number of nitrogens with one attached hydrogen (secondary N) is 1. The number of hydrogen-bond acceptors (Lipinski definition) is 2. The van der Waals surface area contributed by atoms with Crippen LogP contribution in [0.25, 0.3) is 0 Å². The number of guanidine groups is 1. The van der Waals surface area contributed by atoms with Gasteiger partial charge in [0.25, 0.3) is 0 Å². The molecule has 1 aromatic rings. The van der Waals surface area contributed by atoms with Gasteiger partial charge in [0.2, 0.25) is 0 Å². The molecule has 0 aliphatic heterocycles. The van der Waals surface area contributed by atoms with Crippen LogP contribution in [0.2, 0.25) is 0 Å². The van der Waals surface area contributed by atoms with E-state index in [1.807, 2.05) is 6.07 Å². The molecule has 0 unspecified atom stereocenters. The second-order valence-electron chi connectivity index (χ2n) is 6.20. The number of benzene rings is 1. The number of nitrogens with zero attached hydrogens (tertiary/aromatic N) is 2. The summed E-state index contributed by atoms with van der Waals surface area (Å²) in [5.74, 6) is 0.563. The van der Waals surface area contributed by atoms with Gasteiger partial charge >= 0.3 is 0 Å². The van der Waals surface area contributed by atoms with E-state index in [0.717, 1.165) is 32.1 Å². The molecule has 1 fully saturated rings. The van der Waals surface area contributed by atoms with E-state index >= 15 is 0 Å². The number of rotatable bonds is 7. The maximum atomic E-state index is 5.92. The molecular weight excluding hydrogens is 272 g/mol. The van der Waals surface area contributed by atoms with Crippen molar-refractivity contribution in [3.8, 4) is 0 Å². The van der Waals surface area contributed by atoms with Crippen LogP contribution in [0.15, 0.2) is 35.3 Å². The lowest BCUT2D eigenvalue weighted by atomic mass is 9.94. The van der Waals surface area contributed by atoms with Gasteiger partial charge in [-0.2, -0.15) is 0 Å². The lowest BCUT2D eigenvalue weighted by Crippen LogP contribution is -2.37. The topological polar surface area (TPSA) is 53.6 Å². The fourth-order valence-corrected chi connectivity index (χ4v) is 3.07. The van der Waals surface area contributed by atoms with Crippen LogP contribution in [0.4, 0.5) is 0 Å². The van der Waals surface area contributed by atoms with Crippen molar-refractivity contribution in [3.05, 3.63) is 35.9 Å². The molecule has 0 spiro atoms. The minimum atomic E-state index is 0.563. The summed E-state index contributed by atoms with van der Waals surface area (Å²) < 4.78 is 0. The summed E-state index contributed by atoms with van der Waals surface area (Å²) in [6.07, 6.45) is 7.80. The highest BCUT2D eigenvalue weighted by atomic mass is 15.2. The summed E-state index contributed by atoms with van der Waals surface area (Å²) in [7, 11) is 2.21. The normalized spacial score (nSPS) is 16.9. The van der Waals surface area contributed by atoms with Crippen LogP contribution in [0, 0.1) is 0 Å². The minimum Gasteiger partial charge on any atom is -0.370 e. The lowest BCUT2D eigenvalue weighted by molar-refractivity contribution is 0.196. The van der Waals surface area contributed by atoms with E-state index < -0.39 is 0 Å². The van der Waals surface area contributed by atoms with Crippen molar-refractivity contribution in [2.45, 2.75) is 44.6 Å². The van der Waals surface area contributed by atoms with Gasteiger partial charge in [-0.15, -0.1) is 0 Å². The van der Waals surface area contributed by atoms with Gasteiger partial charge in [0.1, 0.15) is 0 Å². The molecular formula is C18H30N4. The average molecular weight is 302 g/mol. The van der Waals surface area contributed by atoms with Crippen molar-refractivity contribution in [3.63, 3.8) is 0 Å². The summed E-state index contributed by atoms with van der Waals surface area (Å²) in [5.41, 5.74) is 7.24. The molecule has 0 heterocycles. The van der Waals surface area contributed by atoms with E-state index in [9.17, 15) is 0 Å². The number of hydrogen-bond donors (Lipinski definition) is 2. The smallest absolute Gasteiger partial charge is 0.188 e. The highest BCUT2D eigenvalue weighted by molar-refractivity contribution is 5.77. The fraction of sp³-hybridized carbons (Fsp3) is 0.611. The average Bonchev–Trinajstić information content (AvgIpc) is 2.56. The summed E-state index contributed by atoms with van der Waals surface area (Å²) >= 11 is 0. The molecule has 4 nitrogen and oxygen atoms in total. The predicted molar refractivity (Wildman–Crippen MR) is 94.1 cm³/mol. The van der Waals surface area contributed by atoms with Gasteiger partial charge < -0.3 is 16.0 Å². The van der Waals surface area contributed by atoms with Gasteiger partial charge in [0.05, 0.1) is 6.54 Å². The van der Waals surface area contributed by atoms with Crippen molar-refractivity contribution in [1.29, 1.82) is 0 Å². The molecule has 1 aromatic carbocycles. The molecule has 22 heavy (non-hydrogen) atoms. The zero-order valence-corrected chi connectivity index (χ0v) is 13.8. The van der Waals surface area contributed by atoms with E-state index in [0.29, 0.717) is 5.96 Å². The fourth-order valence-electron chi connectivity index (χ4n) is 3.07. The first-order chi connectivity index (χ1) is 10.8. The molecule has 0 atom stereocenters. The molecule has 0 saturated heterocycles.